The molecule has 2 atom stereocenters. The predicted molar refractivity (Wildman–Crippen MR) is 85.3 cm³/mol. The van der Waals surface area contributed by atoms with Crippen LogP contribution in [0.25, 0.3) is 0 Å². The summed E-state index contributed by atoms with van der Waals surface area (Å²) in [6.07, 6.45) is 3.37. The largest absolute Gasteiger partial charge is 0.399 e. The summed E-state index contributed by atoms with van der Waals surface area (Å²) in [5, 5.41) is 15.5. The fourth-order valence-corrected chi connectivity index (χ4v) is 3.03. The number of anilines is 2. The van der Waals surface area contributed by atoms with Gasteiger partial charge in [-0.15, -0.1) is 0 Å². The van der Waals surface area contributed by atoms with E-state index in [1.54, 1.807) is 18.2 Å². The zero-order valence-corrected chi connectivity index (χ0v) is 12.6. The predicted octanol–water partition coefficient (Wildman–Crippen LogP) is 1.84. The molecule has 5 N–H and O–H groups in total. The Morgan fingerprint density at radius 3 is 2.86 bits per heavy atom. The summed E-state index contributed by atoms with van der Waals surface area (Å²) in [6.45, 7) is 3.50. The number of carbonyl (C=O) groups excluding carboxylic acids is 1. The maximum Gasteiger partial charge on any atom is 0.253 e. The van der Waals surface area contributed by atoms with Gasteiger partial charge in [-0.1, -0.05) is 6.42 Å². The highest BCUT2D eigenvalue weighted by Gasteiger charge is 2.26. The van der Waals surface area contributed by atoms with Gasteiger partial charge in [0.15, 0.2) is 0 Å². The van der Waals surface area contributed by atoms with E-state index in [2.05, 4.69) is 10.6 Å². The number of hydrogen-bond donors (Lipinski definition) is 4. The van der Waals surface area contributed by atoms with Gasteiger partial charge in [0.1, 0.15) is 0 Å². The SMILES string of the molecule is CCNC(=O)c1ccc(N)cc1NCC1CCCC1CO. The molecule has 1 amide bonds. The monoisotopic (exact) mass is 291 g/mol. The van der Waals surface area contributed by atoms with Gasteiger partial charge >= 0.3 is 0 Å². The van der Waals surface area contributed by atoms with Crippen LogP contribution in [0.15, 0.2) is 18.2 Å². The highest BCUT2D eigenvalue weighted by molar-refractivity contribution is 6.00. The summed E-state index contributed by atoms with van der Waals surface area (Å²) < 4.78 is 0. The van der Waals surface area contributed by atoms with Gasteiger partial charge in [0.05, 0.1) is 5.56 Å². The number of aliphatic hydroxyl groups excluding tert-OH is 1. The van der Waals surface area contributed by atoms with Gasteiger partial charge in [-0.3, -0.25) is 4.79 Å². The lowest BCUT2D eigenvalue weighted by Crippen LogP contribution is -2.25. The molecule has 5 nitrogen and oxygen atoms in total. The lowest BCUT2D eigenvalue weighted by Gasteiger charge is -2.20. The summed E-state index contributed by atoms with van der Waals surface area (Å²) in [6, 6.07) is 5.29. The van der Waals surface area contributed by atoms with Crippen LogP contribution in [-0.4, -0.2) is 30.7 Å². The summed E-state index contributed by atoms with van der Waals surface area (Å²) >= 11 is 0. The maximum absolute atomic E-state index is 12.1. The Kier molecular flexibility index (Phi) is 5.44. The Bertz CT molecular complexity index is 490. The first-order chi connectivity index (χ1) is 10.2. The van der Waals surface area contributed by atoms with Crippen molar-refractivity contribution in [1.29, 1.82) is 0 Å². The molecule has 0 spiro atoms. The molecule has 1 aliphatic rings. The molecule has 2 rings (SSSR count). The first-order valence-corrected chi connectivity index (χ1v) is 7.68. The van der Waals surface area contributed by atoms with Gasteiger partial charge < -0.3 is 21.5 Å². The Hall–Kier alpha value is -1.75. The number of rotatable bonds is 6. The lowest BCUT2D eigenvalue weighted by molar-refractivity contribution is 0.0956. The third kappa shape index (κ3) is 3.88. The minimum atomic E-state index is -0.0925. The van der Waals surface area contributed by atoms with Gasteiger partial charge in [-0.2, -0.15) is 0 Å². The summed E-state index contributed by atoms with van der Waals surface area (Å²) in [5.74, 6) is 0.732. The Balaban J connectivity index is 2.07. The Labute approximate surface area is 125 Å². The van der Waals surface area contributed by atoms with E-state index in [9.17, 15) is 9.90 Å². The number of nitrogen functional groups attached to an aromatic ring is 1. The van der Waals surface area contributed by atoms with Crippen molar-refractivity contribution in [3.05, 3.63) is 23.8 Å². The molecule has 0 bridgehead atoms. The van der Waals surface area contributed by atoms with E-state index >= 15 is 0 Å². The third-order valence-electron chi connectivity index (χ3n) is 4.23. The van der Waals surface area contributed by atoms with Crippen molar-refractivity contribution in [1.82, 2.24) is 5.32 Å². The molecule has 1 saturated carbocycles. The van der Waals surface area contributed by atoms with Crippen molar-refractivity contribution in [3.63, 3.8) is 0 Å². The van der Waals surface area contributed by atoms with E-state index < -0.39 is 0 Å². The van der Waals surface area contributed by atoms with E-state index in [0.29, 0.717) is 29.6 Å². The number of hydrogen-bond acceptors (Lipinski definition) is 4. The van der Waals surface area contributed by atoms with Crippen LogP contribution in [-0.2, 0) is 0 Å². The summed E-state index contributed by atoms with van der Waals surface area (Å²) in [7, 11) is 0. The fourth-order valence-electron chi connectivity index (χ4n) is 3.03. The molecule has 1 aromatic rings. The van der Waals surface area contributed by atoms with Gasteiger partial charge in [0.25, 0.3) is 5.91 Å². The molecule has 2 unspecified atom stereocenters. The average molecular weight is 291 g/mol. The van der Waals surface area contributed by atoms with Crippen LogP contribution in [0.3, 0.4) is 0 Å². The highest BCUT2D eigenvalue weighted by Crippen LogP contribution is 2.32. The van der Waals surface area contributed by atoms with Gasteiger partial charge in [-0.05, 0) is 49.8 Å². The number of benzene rings is 1. The van der Waals surface area contributed by atoms with E-state index in [1.165, 1.54) is 0 Å². The second-order valence-electron chi connectivity index (χ2n) is 5.68. The summed E-state index contributed by atoms with van der Waals surface area (Å²) in [4.78, 5) is 12.1. The molecule has 1 aromatic carbocycles. The minimum absolute atomic E-state index is 0.0925. The molecule has 0 saturated heterocycles. The minimum Gasteiger partial charge on any atom is -0.399 e. The van der Waals surface area contributed by atoms with E-state index in [-0.39, 0.29) is 12.5 Å². The molecule has 5 heteroatoms. The molecular formula is C16H25N3O2. The third-order valence-corrected chi connectivity index (χ3v) is 4.23. The van der Waals surface area contributed by atoms with Crippen LogP contribution in [0.2, 0.25) is 0 Å². The summed E-state index contributed by atoms with van der Waals surface area (Å²) in [5.41, 5.74) is 7.85. The van der Waals surface area contributed by atoms with Crippen molar-refractivity contribution >= 4 is 17.3 Å². The standard InChI is InChI=1S/C16H25N3O2/c1-2-18-16(21)14-7-6-13(17)8-15(14)19-9-11-4-3-5-12(11)10-20/h6-8,11-12,19-20H,2-5,9-10,17H2,1H3,(H,18,21). The van der Waals surface area contributed by atoms with Crippen molar-refractivity contribution in [2.24, 2.45) is 11.8 Å². The fraction of sp³-hybridized carbons (Fsp3) is 0.562. The van der Waals surface area contributed by atoms with Gasteiger partial charge in [0.2, 0.25) is 0 Å². The maximum atomic E-state index is 12.1. The number of carbonyl (C=O) groups is 1. The van der Waals surface area contributed by atoms with Crippen molar-refractivity contribution in [3.8, 4) is 0 Å². The molecule has 116 valence electrons. The molecule has 21 heavy (non-hydrogen) atoms. The van der Waals surface area contributed by atoms with Gasteiger partial charge in [-0.25, -0.2) is 0 Å². The normalized spacial score (nSPS) is 21.2. The Morgan fingerprint density at radius 1 is 1.38 bits per heavy atom. The van der Waals surface area contributed by atoms with E-state index in [1.807, 2.05) is 6.92 Å². The van der Waals surface area contributed by atoms with Crippen LogP contribution in [0.5, 0.6) is 0 Å². The second kappa shape index (κ2) is 7.31. The first kappa shape index (κ1) is 15.6. The van der Waals surface area contributed by atoms with Crippen LogP contribution in [0.1, 0.15) is 36.5 Å². The number of amides is 1. The zero-order valence-electron chi connectivity index (χ0n) is 12.6. The van der Waals surface area contributed by atoms with Crippen molar-refractivity contribution in [2.45, 2.75) is 26.2 Å². The van der Waals surface area contributed by atoms with Crippen molar-refractivity contribution < 1.29 is 9.90 Å². The van der Waals surface area contributed by atoms with Crippen LogP contribution < -0.4 is 16.4 Å². The van der Waals surface area contributed by atoms with E-state index in [0.717, 1.165) is 31.5 Å². The average Bonchev–Trinajstić information content (AvgIpc) is 2.92. The quantitative estimate of drug-likeness (QED) is 0.602. The van der Waals surface area contributed by atoms with Crippen LogP contribution >= 0.6 is 0 Å². The van der Waals surface area contributed by atoms with Crippen LogP contribution in [0, 0.1) is 11.8 Å². The molecule has 1 fully saturated rings. The Morgan fingerprint density at radius 2 is 2.14 bits per heavy atom. The van der Waals surface area contributed by atoms with E-state index in [4.69, 9.17) is 5.73 Å². The molecule has 0 radical (unpaired) electrons. The number of nitrogens with one attached hydrogen (secondary N) is 2. The number of nitrogens with two attached hydrogens (primary N) is 1. The molecule has 1 aliphatic carbocycles. The topological polar surface area (TPSA) is 87.4 Å². The molecule has 0 aliphatic heterocycles. The first-order valence-electron chi connectivity index (χ1n) is 7.68. The van der Waals surface area contributed by atoms with Crippen LogP contribution in [0.4, 0.5) is 11.4 Å². The zero-order chi connectivity index (χ0) is 15.2. The van der Waals surface area contributed by atoms with Crippen molar-refractivity contribution in [2.75, 3.05) is 30.7 Å². The molecule has 0 heterocycles. The highest BCUT2D eigenvalue weighted by atomic mass is 16.3. The second-order valence-corrected chi connectivity index (χ2v) is 5.68. The molecule has 0 aromatic heterocycles. The molecular weight excluding hydrogens is 266 g/mol. The number of aliphatic hydroxyl groups is 1. The smallest absolute Gasteiger partial charge is 0.253 e. The van der Waals surface area contributed by atoms with Gasteiger partial charge in [0, 0.05) is 31.1 Å². The lowest BCUT2D eigenvalue weighted by atomic mass is 9.96.